The Morgan fingerprint density at radius 3 is 2.16 bits per heavy atom. The molecule has 1 saturated carbocycles. The van der Waals surface area contributed by atoms with Crippen molar-refractivity contribution in [3.05, 3.63) is 30.6 Å². The molecule has 0 spiro atoms. The van der Waals surface area contributed by atoms with Gasteiger partial charge in [0.05, 0.1) is 19.8 Å². The van der Waals surface area contributed by atoms with Crippen LogP contribution in [0.2, 0.25) is 0 Å². The average molecular weight is 542 g/mol. The Kier molecular flexibility index (Phi) is 21.5. The van der Waals surface area contributed by atoms with Gasteiger partial charge in [-0.2, -0.15) is 0 Å². The number of ether oxygens (including phenoxy) is 4. The van der Waals surface area contributed by atoms with Crippen molar-refractivity contribution in [1.82, 2.24) is 0 Å². The Hall–Kier alpha value is -0.720. The third kappa shape index (κ3) is 16.1. The van der Waals surface area contributed by atoms with Crippen molar-refractivity contribution in [3.63, 3.8) is 0 Å². The summed E-state index contributed by atoms with van der Waals surface area (Å²) in [4.78, 5) is 0. The quantitative estimate of drug-likeness (QED) is 0.126. The Morgan fingerprint density at radius 2 is 1.46 bits per heavy atom. The van der Waals surface area contributed by atoms with Gasteiger partial charge < -0.3 is 31.4 Å². The maximum atomic E-state index is 6.26. The fourth-order valence-electron chi connectivity index (χ4n) is 5.43. The van der Waals surface area contributed by atoms with Crippen LogP contribution < -0.4 is 17.0 Å². The zero-order chi connectivity index (χ0) is 25.7. The van der Waals surface area contributed by atoms with E-state index in [2.05, 4.69) is 23.9 Å². The zero-order valence-electron chi connectivity index (χ0n) is 24.1. The molecular weight excluding hydrogens is 486 g/mol. The van der Waals surface area contributed by atoms with E-state index in [1.165, 1.54) is 83.5 Å². The predicted molar refractivity (Wildman–Crippen MR) is 147 cm³/mol. The van der Waals surface area contributed by atoms with Crippen LogP contribution >= 0.6 is 0 Å². The smallest absolute Gasteiger partial charge is 0.183 e. The van der Waals surface area contributed by atoms with Crippen molar-refractivity contribution < 1.29 is 35.9 Å². The fraction of sp³-hybridized carbons (Fsp3) is 0.839. The standard InChI is InChI=1S/C31H56NO4.ClH/c1-4-5-6-7-8-9-12-19-30(29-17-13-10-14-18-29)20-24-35-31(28(2)33-3)36-27-26-34-25-23-32-21-15-11-16-22-32;/h11,15-16,21-22,28-31H,4-10,12-14,17-20,23-27H2,1-3H3;1H/q+1;/p-1. The number of hydrogen-bond donors (Lipinski definition) is 0. The third-order valence-electron chi connectivity index (χ3n) is 7.80. The molecule has 0 aromatic carbocycles. The molecule has 216 valence electrons. The van der Waals surface area contributed by atoms with Crippen molar-refractivity contribution in [2.24, 2.45) is 11.8 Å². The van der Waals surface area contributed by atoms with Gasteiger partial charge in [-0.15, -0.1) is 0 Å². The first-order valence-electron chi connectivity index (χ1n) is 15.0. The van der Waals surface area contributed by atoms with Crippen LogP contribution in [0.1, 0.15) is 104 Å². The molecule has 1 aromatic rings. The highest BCUT2D eigenvalue weighted by Crippen LogP contribution is 2.35. The molecule has 6 heteroatoms. The van der Waals surface area contributed by atoms with E-state index in [1.807, 2.05) is 25.1 Å². The fourth-order valence-corrected chi connectivity index (χ4v) is 5.43. The van der Waals surface area contributed by atoms with E-state index in [9.17, 15) is 0 Å². The van der Waals surface area contributed by atoms with E-state index in [4.69, 9.17) is 18.9 Å². The van der Waals surface area contributed by atoms with E-state index in [1.54, 1.807) is 7.11 Å². The second-order valence-corrected chi connectivity index (χ2v) is 10.6. The van der Waals surface area contributed by atoms with Gasteiger partial charge in [-0.3, -0.25) is 0 Å². The van der Waals surface area contributed by atoms with Gasteiger partial charge in [0.2, 0.25) is 0 Å². The number of halogens is 1. The lowest BCUT2D eigenvalue weighted by Gasteiger charge is -2.31. The largest absolute Gasteiger partial charge is 1.00 e. The van der Waals surface area contributed by atoms with Crippen LogP contribution in [0.4, 0.5) is 0 Å². The normalized spacial score (nSPS) is 16.7. The second-order valence-electron chi connectivity index (χ2n) is 10.6. The summed E-state index contributed by atoms with van der Waals surface area (Å²) >= 11 is 0. The highest BCUT2D eigenvalue weighted by Gasteiger charge is 2.25. The van der Waals surface area contributed by atoms with Gasteiger partial charge in [0.1, 0.15) is 12.7 Å². The van der Waals surface area contributed by atoms with Crippen molar-refractivity contribution >= 4 is 0 Å². The van der Waals surface area contributed by atoms with E-state index < -0.39 is 0 Å². The molecular formula is C31H56ClNO4. The summed E-state index contributed by atoms with van der Waals surface area (Å²) in [7, 11) is 1.73. The molecule has 5 nitrogen and oxygen atoms in total. The molecule has 1 fully saturated rings. The molecule has 0 aliphatic heterocycles. The number of rotatable bonds is 22. The summed E-state index contributed by atoms with van der Waals surface area (Å²) < 4.78 is 25.7. The number of methoxy groups -OCH3 is 1. The minimum absolute atomic E-state index is 0. The highest BCUT2D eigenvalue weighted by atomic mass is 35.5. The topological polar surface area (TPSA) is 40.8 Å². The molecule has 1 aromatic heterocycles. The Morgan fingerprint density at radius 1 is 0.784 bits per heavy atom. The van der Waals surface area contributed by atoms with Gasteiger partial charge >= 0.3 is 0 Å². The maximum Gasteiger partial charge on any atom is 0.183 e. The molecule has 2 rings (SSSR count). The number of nitrogens with zero attached hydrogens (tertiary/aromatic N) is 1. The van der Waals surface area contributed by atoms with E-state index in [0.29, 0.717) is 19.8 Å². The molecule has 1 aliphatic rings. The minimum Gasteiger partial charge on any atom is -1.00 e. The van der Waals surface area contributed by atoms with Crippen LogP contribution in [0, 0.1) is 11.8 Å². The lowest BCUT2D eigenvalue weighted by Crippen LogP contribution is -3.00. The van der Waals surface area contributed by atoms with Crippen LogP contribution in [-0.2, 0) is 25.5 Å². The Bertz CT molecular complexity index is 614. The molecule has 0 saturated heterocycles. The van der Waals surface area contributed by atoms with Crippen molar-refractivity contribution in [1.29, 1.82) is 0 Å². The second kappa shape index (κ2) is 23.2. The molecule has 0 N–H and O–H groups in total. The number of pyridine rings is 1. The van der Waals surface area contributed by atoms with Gasteiger partial charge in [-0.1, -0.05) is 96.5 Å². The number of aromatic nitrogens is 1. The van der Waals surface area contributed by atoms with Crippen LogP contribution in [-0.4, -0.2) is 45.9 Å². The molecule has 3 atom stereocenters. The first kappa shape index (κ1) is 34.3. The zero-order valence-corrected chi connectivity index (χ0v) is 24.8. The molecule has 3 unspecified atom stereocenters. The molecule has 0 radical (unpaired) electrons. The average Bonchev–Trinajstić information content (AvgIpc) is 2.92. The molecule has 1 aliphatic carbocycles. The summed E-state index contributed by atoms with van der Waals surface area (Å²) in [6.45, 7) is 7.66. The lowest BCUT2D eigenvalue weighted by atomic mass is 9.76. The van der Waals surface area contributed by atoms with E-state index in [-0.39, 0.29) is 24.8 Å². The highest BCUT2D eigenvalue weighted by molar-refractivity contribution is 4.83. The van der Waals surface area contributed by atoms with E-state index >= 15 is 0 Å². The van der Waals surface area contributed by atoms with Gasteiger partial charge in [0.15, 0.2) is 25.2 Å². The number of hydrogen-bond acceptors (Lipinski definition) is 4. The summed E-state index contributed by atoms with van der Waals surface area (Å²) in [5.41, 5.74) is 0. The first-order valence-corrected chi connectivity index (χ1v) is 15.0. The van der Waals surface area contributed by atoms with Gasteiger partial charge in [-0.25, -0.2) is 4.57 Å². The van der Waals surface area contributed by atoms with Crippen molar-refractivity contribution in [3.8, 4) is 0 Å². The minimum atomic E-state index is -0.340. The Labute approximate surface area is 234 Å². The van der Waals surface area contributed by atoms with Crippen LogP contribution in [0.3, 0.4) is 0 Å². The van der Waals surface area contributed by atoms with Gasteiger partial charge in [0, 0.05) is 19.2 Å². The summed E-state index contributed by atoms with van der Waals surface area (Å²) in [5.74, 6) is 1.68. The maximum absolute atomic E-state index is 6.26. The Balaban J connectivity index is 0.00000684. The van der Waals surface area contributed by atoms with Crippen molar-refractivity contribution in [2.75, 3.05) is 33.5 Å². The summed E-state index contributed by atoms with van der Waals surface area (Å²) in [6.07, 6.45) is 23.0. The number of unbranched alkanes of at least 4 members (excludes halogenated alkanes) is 6. The van der Waals surface area contributed by atoms with Gasteiger partial charge in [0.25, 0.3) is 0 Å². The molecule has 0 bridgehead atoms. The molecule has 37 heavy (non-hydrogen) atoms. The van der Waals surface area contributed by atoms with Crippen LogP contribution in [0.5, 0.6) is 0 Å². The van der Waals surface area contributed by atoms with Crippen LogP contribution in [0.25, 0.3) is 0 Å². The monoisotopic (exact) mass is 541 g/mol. The first-order chi connectivity index (χ1) is 17.7. The lowest BCUT2D eigenvalue weighted by molar-refractivity contribution is -0.698. The molecule has 1 heterocycles. The summed E-state index contributed by atoms with van der Waals surface area (Å²) in [5, 5.41) is 0. The van der Waals surface area contributed by atoms with E-state index in [0.717, 1.165) is 31.4 Å². The van der Waals surface area contributed by atoms with Gasteiger partial charge in [-0.05, 0) is 25.2 Å². The van der Waals surface area contributed by atoms with Crippen molar-refractivity contribution in [2.45, 2.75) is 123 Å². The summed E-state index contributed by atoms with van der Waals surface area (Å²) in [6, 6.07) is 6.09. The third-order valence-corrected chi connectivity index (χ3v) is 7.80. The van der Waals surface area contributed by atoms with Crippen LogP contribution in [0.15, 0.2) is 30.6 Å². The SMILES string of the molecule is CCCCCCCCCC(CCOC(OCCOCC[n+]1ccccc1)C(C)OC)C1CCCCC1.[Cl-]. The molecule has 0 amide bonds. The predicted octanol–water partition coefficient (Wildman–Crippen LogP) is 4.12.